The largest absolute Gasteiger partial charge is 0.376 e. The molecule has 0 spiro atoms. The smallest absolute Gasteiger partial charge is 0.140 e. The van der Waals surface area contributed by atoms with E-state index in [1.54, 1.807) is 0 Å². The van der Waals surface area contributed by atoms with Gasteiger partial charge in [-0.25, -0.2) is 9.97 Å². The highest BCUT2D eigenvalue weighted by Gasteiger charge is 2.17. The molecule has 1 aromatic rings. The summed E-state index contributed by atoms with van der Waals surface area (Å²) in [4.78, 5) is 9.30. The SMILES string of the molecule is CCNc1nc(CSC(C)C)nc2c1COCC2. The molecule has 0 atom stereocenters. The maximum Gasteiger partial charge on any atom is 0.140 e. The third kappa shape index (κ3) is 3.36. The number of nitrogens with one attached hydrogen (secondary N) is 1. The zero-order valence-electron chi connectivity index (χ0n) is 11.3. The number of ether oxygens (including phenoxy) is 1. The number of hydrogen-bond acceptors (Lipinski definition) is 5. The van der Waals surface area contributed by atoms with Crippen LogP contribution in [-0.4, -0.2) is 28.4 Å². The molecule has 0 bridgehead atoms. The van der Waals surface area contributed by atoms with E-state index in [0.29, 0.717) is 11.9 Å². The molecule has 2 rings (SSSR count). The molecule has 0 saturated heterocycles. The molecule has 1 aliphatic heterocycles. The van der Waals surface area contributed by atoms with Crippen molar-refractivity contribution in [3.05, 3.63) is 17.1 Å². The van der Waals surface area contributed by atoms with E-state index in [4.69, 9.17) is 4.74 Å². The Labute approximate surface area is 113 Å². The first-order chi connectivity index (χ1) is 8.70. The predicted molar refractivity (Wildman–Crippen MR) is 76.0 cm³/mol. The zero-order valence-corrected chi connectivity index (χ0v) is 12.1. The van der Waals surface area contributed by atoms with Crippen LogP contribution >= 0.6 is 11.8 Å². The van der Waals surface area contributed by atoms with Gasteiger partial charge in [0.05, 0.1) is 24.7 Å². The average Bonchev–Trinajstić information content (AvgIpc) is 2.37. The lowest BCUT2D eigenvalue weighted by Crippen LogP contribution is -2.18. The fourth-order valence-electron chi connectivity index (χ4n) is 1.90. The molecule has 0 amide bonds. The second-order valence-corrected chi connectivity index (χ2v) is 6.17. The molecular weight excluding hydrogens is 246 g/mol. The van der Waals surface area contributed by atoms with Crippen molar-refractivity contribution in [2.75, 3.05) is 18.5 Å². The first-order valence-electron chi connectivity index (χ1n) is 6.52. The molecular formula is C13H21N3OS. The van der Waals surface area contributed by atoms with Crippen molar-refractivity contribution in [3.63, 3.8) is 0 Å². The molecule has 1 aromatic heterocycles. The van der Waals surface area contributed by atoms with Gasteiger partial charge >= 0.3 is 0 Å². The van der Waals surface area contributed by atoms with E-state index in [2.05, 4.69) is 36.1 Å². The zero-order chi connectivity index (χ0) is 13.0. The Bertz CT molecular complexity index is 409. The summed E-state index contributed by atoms with van der Waals surface area (Å²) in [6.45, 7) is 8.76. The normalized spacial score (nSPS) is 14.7. The van der Waals surface area contributed by atoms with Gasteiger partial charge in [-0.1, -0.05) is 13.8 Å². The number of hydrogen-bond donors (Lipinski definition) is 1. The molecule has 0 aromatic carbocycles. The molecule has 0 fully saturated rings. The van der Waals surface area contributed by atoms with E-state index >= 15 is 0 Å². The summed E-state index contributed by atoms with van der Waals surface area (Å²) in [6, 6.07) is 0. The van der Waals surface area contributed by atoms with Crippen LogP contribution in [0.1, 0.15) is 37.9 Å². The standard InChI is InChI=1S/C13H21N3OS/c1-4-14-13-10-7-17-6-5-11(10)15-12(16-13)8-18-9(2)3/h9H,4-8H2,1-3H3,(H,14,15,16). The molecule has 18 heavy (non-hydrogen) atoms. The molecule has 5 heteroatoms. The summed E-state index contributed by atoms with van der Waals surface area (Å²) in [5, 5.41) is 3.93. The van der Waals surface area contributed by atoms with Gasteiger partial charge in [-0.05, 0) is 12.2 Å². The minimum Gasteiger partial charge on any atom is -0.376 e. The highest BCUT2D eigenvalue weighted by atomic mass is 32.2. The summed E-state index contributed by atoms with van der Waals surface area (Å²) in [5.74, 6) is 2.77. The molecule has 4 nitrogen and oxygen atoms in total. The van der Waals surface area contributed by atoms with E-state index in [-0.39, 0.29) is 0 Å². The van der Waals surface area contributed by atoms with Gasteiger partial charge in [0.25, 0.3) is 0 Å². The number of aromatic nitrogens is 2. The lowest BCUT2D eigenvalue weighted by atomic mass is 10.1. The van der Waals surface area contributed by atoms with Crippen LogP contribution in [0.4, 0.5) is 5.82 Å². The molecule has 0 unspecified atom stereocenters. The molecule has 0 radical (unpaired) electrons. The first kappa shape index (κ1) is 13.6. The van der Waals surface area contributed by atoms with Crippen molar-refractivity contribution in [1.29, 1.82) is 0 Å². The molecule has 1 N–H and O–H groups in total. The Morgan fingerprint density at radius 2 is 2.22 bits per heavy atom. The van der Waals surface area contributed by atoms with E-state index < -0.39 is 0 Å². The quantitative estimate of drug-likeness (QED) is 0.888. The lowest BCUT2D eigenvalue weighted by Gasteiger charge is -2.20. The number of rotatable bonds is 5. The van der Waals surface area contributed by atoms with Crippen LogP contribution in [0.15, 0.2) is 0 Å². The van der Waals surface area contributed by atoms with Gasteiger partial charge in [0, 0.05) is 18.5 Å². The summed E-state index contributed by atoms with van der Waals surface area (Å²) in [6.07, 6.45) is 0.898. The van der Waals surface area contributed by atoms with Gasteiger partial charge in [0.15, 0.2) is 0 Å². The van der Waals surface area contributed by atoms with Crippen LogP contribution < -0.4 is 5.32 Å². The Hall–Kier alpha value is -0.810. The van der Waals surface area contributed by atoms with Gasteiger partial charge < -0.3 is 10.1 Å². The van der Waals surface area contributed by atoms with Crippen LogP contribution in [0.25, 0.3) is 0 Å². The second-order valence-electron chi connectivity index (χ2n) is 4.61. The fourth-order valence-corrected chi connectivity index (χ4v) is 2.51. The molecule has 0 saturated carbocycles. The third-order valence-electron chi connectivity index (χ3n) is 2.76. The van der Waals surface area contributed by atoms with Crippen molar-refractivity contribution in [3.8, 4) is 0 Å². The first-order valence-corrected chi connectivity index (χ1v) is 7.57. The van der Waals surface area contributed by atoms with Crippen molar-refractivity contribution >= 4 is 17.6 Å². The average molecular weight is 267 g/mol. The van der Waals surface area contributed by atoms with Crippen molar-refractivity contribution < 1.29 is 4.74 Å². The van der Waals surface area contributed by atoms with E-state index in [0.717, 1.165) is 48.2 Å². The monoisotopic (exact) mass is 267 g/mol. The van der Waals surface area contributed by atoms with Crippen molar-refractivity contribution in [2.45, 2.75) is 44.8 Å². The van der Waals surface area contributed by atoms with Crippen LogP contribution in [0, 0.1) is 0 Å². The van der Waals surface area contributed by atoms with E-state index in [1.807, 2.05) is 11.8 Å². The molecule has 1 aliphatic rings. The van der Waals surface area contributed by atoms with Gasteiger partial charge in [0.1, 0.15) is 11.6 Å². The van der Waals surface area contributed by atoms with Crippen LogP contribution in [0.5, 0.6) is 0 Å². The van der Waals surface area contributed by atoms with Gasteiger partial charge in [-0.15, -0.1) is 0 Å². The molecule has 100 valence electrons. The molecule has 2 heterocycles. The third-order valence-corrected chi connectivity index (χ3v) is 3.85. The maximum atomic E-state index is 5.50. The van der Waals surface area contributed by atoms with Crippen LogP contribution in [0.2, 0.25) is 0 Å². The summed E-state index contributed by atoms with van der Waals surface area (Å²) in [5.41, 5.74) is 2.30. The Morgan fingerprint density at radius 3 is 2.94 bits per heavy atom. The topological polar surface area (TPSA) is 47.0 Å². The lowest BCUT2D eigenvalue weighted by molar-refractivity contribution is 0.109. The van der Waals surface area contributed by atoms with E-state index in [9.17, 15) is 0 Å². The highest BCUT2D eigenvalue weighted by Crippen LogP contribution is 2.24. The second kappa shape index (κ2) is 6.38. The number of nitrogens with zero attached hydrogens (tertiary/aromatic N) is 2. The minimum atomic E-state index is 0.607. The summed E-state index contributed by atoms with van der Waals surface area (Å²) in [7, 11) is 0. The minimum absolute atomic E-state index is 0.607. The van der Waals surface area contributed by atoms with Gasteiger partial charge in [-0.2, -0.15) is 11.8 Å². The maximum absolute atomic E-state index is 5.50. The van der Waals surface area contributed by atoms with Gasteiger partial charge in [-0.3, -0.25) is 0 Å². The number of anilines is 1. The Balaban J connectivity index is 2.23. The molecule has 0 aliphatic carbocycles. The number of fused-ring (bicyclic) bond motifs is 1. The number of thioether (sulfide) groups is 1. The predicted octanol–water partition coefficient (Wildman–Crippen LogP) is 2.62. The highest BCUT2D eigenvalue weighted by molar-refractivity contribution is 7.99. The fraction of sp³-hybridized carbons (Fsp3) is 0.692. The van der Waals surface area contributed by atoms with Crippen LogP contribution in [-0.2, 0) is 23.5 Å². The Morgan fingerprint density at radius 1 is 1.39 bits per heavy atom. The summed E-state index contributed by atoms with van der Waals surface area (Å²) >= 11 is 1.88. The van der Waals surface area contributed by atoms with Crippen molar-refractivity contribution in [2.24, 2.45) is 0 Å². The van der Waals surface area contributed by atoms with Gasteiger partial charge in [0.2, 0.25) is 0 Å². The summed E-state index contributed by atoms with van der Waals surface area (Å²) < 4.78 is 5.50. The Kier molecular flexibility index (Phi) is 4.83. The van der Waals surface area contributed by atoms with E-state index in [1.165, 1.54) is 0 Å². The van der Waals surface area contributed by atoms with Crippen molar-refractivity contribution in [1.82, 2.24) is 9.97 Å². The van der Waals surface area contributed by atoms with Crippen LogP contribution in [0.3, 0.4) is 0 Å².